The lowest BCUT2D eigenvalue weighted by atomic mass is 9.84. The molecule has 2 saturated heterocycles. The van der Waals surface area contributed by atoms with Gasteiger partial charge in [0.15, 0.2) is 15.6 Å². The summed E-state index contributed by atoms with van der Waals surface area (Å²) in [6.45, 7) is 1.73. The van der Waals surface area contributed by atoms with E-state index in [4.69, 9.17) is 9.47 Å². The molecular weight excluding hydrogens is 280 g/mol. The van der Waals surface area contributed by atoms with Crippen molar-refractivity contribution in [3.05, 3.63) is 0 Å². The zero-order chi connectivity index (χ0) is 15.0. The van der Waals surface area contributed by atoms with Gasteiger partial charge in [-0.25, -0.2) is 8.42 Å². The molecular formula is C14H24O5S. The lowest BCUT2D eigenvalue weighted by Gasteiger charge is -2.39. The van der Waals surface area contributed by atoms with Gasteiger partial charge >= 0.3 is 0 Å². The van der Waals surface area contributed by atoms with E-state index in [0.717, 1.165) is 6.42 Å². The minimum Gasteiger partial charge on any atom is -0.353 e. The van der Waals surface area contributed by atoms with Crippen LogP contribution in [0.4, 0.5) is 0 Å². The van der Waals surface area contributed by atoms with Gasteiger partial charge < -0.3 is 9.47 Å². The van der Waals surface area contributed by atoms with E-state index in [-0.39, 0.29) is 28.6 Å². The third-order valence-electron chi connectivity index (χ3n) is 4.89. The molecule has 0 saturated carbocycles. The maximum Gasteiger partial charge on any atom is 0.171 e. The molecule has 5 nitrogen and oxygen atoms in total. The Morgan fingerprint density at radius 3 is 2.10 bits per heavy atom. The van der Waals surface area contributed by atoms with Gasteiger partial charge in [0, 0.05) is 20.1 Å². The van der Waals surface area contributed by atoms with Crippen molar-refractivity contribution in [3.63, 3.8) is 0 Å². The molecule has 0 spiro atoms. The number of carbonyl (C=O) groups excluding carboxylic acids is 1. The zero-order valence-corrected chi connectivity index (χ0v) is 13.2. The molecule has 2 heterocycles. The van der Waals surface area contributed by atoms with Crippen LogP contribution < -0.4 is 0 Å². The predicted octanol–water partition coefficient (Wildman–Crippen LogP) is 1.70. The van der Waals surface area contributed by atoms with Crippen molar-refractivity contribution in [2.45, 2.75) is 61.7 Å². The van der Waals surface area contributed by atoms with E-state index in [1.165, 1.54) is 14.2 Å². The summed E-state index contributed by atoms with van der Waals surface area (Å²) in [7, 11) is 0.0200. The van der Waals surface area contributed by atoms with Crippen molar-refractivity contribution < 1.29 is 22.7 Å². The number of fused-ring (bicyclic) bond motifs is 2. The summed E-state index contributed by atoms with van der Waals surface area (Å²) in [6.07, 6.45) is 3.48. The highest BCUT2D eigenvalue weighted by Gasteiger charge is 2.46. The van der Waals surface area contributed by atoms with Crippen LogP contribution in [0.5, 0.6) is 0 Å². The lowest BCUT2D eigenvalue weighted by Crippen LogP contribution is -2.46. The summed E-state index contributed by atoms with van der Waals surface area (Å²) in [5.41, 5.74) is 0. The maximum absolute atomic E-state index is 12.4. The second-order valence-corrected chi connectivity index (χ2v) is 8.63. The summed E-state index contributed by atoms with van der Waals surface area (Å²) >= 11 is 0. The molecule has 0 aromatic heterocycles. The summed E-state index contributed by atoms with van der Waals surface area (Å²) in [4.78, 5) is 12.4. The maximum atomic E-state index is 12.4. The van der Waals surface area contributed by atoms with Crippen LogP contribution in [0, 0.1) is 5.92 Å². The Kier molecular flexibility index (Phi) is 4.56. The number of hydrogen-bond acceptors (Lipinski definition) is 5. The smallest absolute Gasteiger partial charge is 0.171 e. The average molecular weight is 304 g/mol. The number of hydrogen-bond donors (Lipinski definition) is 0. The van der Waals surface area contributed by atoms with Crippen LogP contribution >= 0.6 is 0 Å². The number of methoxy groups -OCH3 is 2. The Morgan fingerprint density at radius 2 is 1.65 bits per heavy atom. The average Bonchev–Trinajstić information content (AvgIpc) is 2.37. The molecule has 2 aliphatic rings. The van der Waals surface area contributed by atoms with E-state index < -0.39 is 15.6 Å². The third kappa shape index (κ3) is 2.92. The number of sulfone groups is 1. The van der Waals surface area contributed by atoms with Crippen LogP contribution in [0.1, 0.15) is 45.4 Å². The molecule has 6 heteroatoms. The second-order valence-electron chi connectivity index (χ2n) is 6.12. The number of ether oxygens (including phenoxy) is 2. The molecule has 2 bridgehead atoms. The molecule has 0 N–H and O–H groups in total. The van der Waals surface area contributed by atoms with Crippen molar-refractivity contribution >= 4 is 15.6 Å². The lowest BCUT2D eigenvalue weighted by molar-refractivity contribution is -0.198. The Balaban J connectivity index is 2.07. The summed E-state index contributed by atoms with van der Waals surface area (Å²) < 4.78 is 34.8. The zero-order valence-electron chi connectivity index (χ0n) is 12.4. The molecule has 2 rings (SSSR count). The fourth-order valence-electron chi connectivity index (χ4n) is 3.36. The topological polar surface area (TPSA) is 69.7 Å². The van der Waals surface area contributed by atoms with E-state index in [0.29, 0.717) is 25.7 Å². The van der Waals surface area contributed by atoms with Gasteiger partial charge in [0.1, 0.15) is 5.78 Å². The molecule has 2 atom stereocenters. The molecule has 116 valence electrons. The van der Waals surface area contributed by atoms with E-state index in [2.05, 4.69) is 0 Å². The molecule has 0 radical (unpaired) electrons. The summed E-state index contributed by atoms with van der Waals surface area (Å²) in [5.74, 6) is -1.02. The highest BCUT2D eigenvalue weighted by Crippen LogP contribution is 2.40. The van der Waals surface area contributed by atoms with Crippen LogP contribution in [-0.4, -0.2) is 44.7 Å². The van der Waals surface area contributed by atoms with Crippen molar-refractivity contribution in [2.24, 2.45) is 5.92 Å². The van der Waals surface area contributed by atoms with Gasteiger partial charge in [-0.2, -0.15) is 0 Å². The molecule has 0 aliphatic carbocycles. The Hall–Kier alpha value is -0.460. The minimum atomic E-state index is -3.00. The molecule has 2 fully saturated rings. The van der Waals surface area contributed by atoms with E-state index >= 15 is 0 Å². The number of carbonyl (C=O) groups is 1. The monoisotopic (exact) mass is 304 g/mol. The van der Waals surface area contributed by atoms with Gasteiger partial charge in [-0.1, -0.05) is 6.42 Å². The Labute approximate surface area is 120 Å². The number of Topliss-reactive ketones (excluding diaryl/α,β-unsaturated/α-hetero) is 1. The highest BCUT2D eigenvalue weighted by molar-refractivity contribution is 7.92. The van der Waals surface area contributed by atoms with Crippen molar-refractivity contribution in [3.8, 4) is 0 Å². The van der Waals surface area contributed by atoms with Gasteiger partial charge in [0.05, 0.1) is 16.9 Å². The first kappa shape index (κ1) is 15.9. The molecule has 0 aromatic carbocycles. The summed E-state index contributed by atoms with van der Waals surface area (Å²) in [5, 5.41) is -0.638. The standard InChI is InChI=1S/C14H24O5S/c1-14(18-2,19-3)9-13(15)10-7-11-5-4-6-12(8-10)20(11,16)17/h10-12H,4-9H2,1-3H3. The van der Waals surface area contributed by atoms with Crippen molar-refractivity contribution in [2.75, 3.05) is 14.2 Å². The van der Waals surface area contributed by atoms with Crippen LogP contribution in [0.2, 0.25) is 0 Å². The van der Waals surface area contributed by atoms with Crippen molar-refractivity contribution in [1.29, 1.82) is 0 Å². The van der Waals surface area contributed by atoms with Gasteiger partial charge in [-0.05, 0) is 32.6 Å². The van der Waals surface area contributed by atoms with E-state index in [1.807, 2.05) is 0 Å². The number of ketones is 1. The summed E-state index contributed by atoms with van der Waals surface area (Å²) in [6, 6.07) is 0. The largest absolute Gasteiger partial charge is 0.353 e. The molecule has 0 aromatic rings. The van der Waals surface area contributed by atoms with Gasteiger partial charge in [0.2, 0.25) is 0 Å². The first-order valence-corrected chi connectivity index (χ1v) is 8.79. The molecule has 2 aliphatic heterocycles. The van der Waals surface area contributed by atoms with Crippen LogP contribution in [0.25, 0.3) is 0 Å². The van der Waals surface area contributed by atoms with Gasteiger partial charge in [-0.3, -0.25) is 4.79 Å². The van der Waals surface area contributed by atoms with Crippen LogP contribution in [0.15, 0.2) is 0 Å². The molecule has 0 amide bonds. The predicted molar refractivity (Wildman–Crippen MR) is 75.1 cm³/mol. The van der Waals surface area contributed by atoms with Gasteiger partial charge in [-0.15, -0.1) is 0 Å². The molecule has 20 heavy (non-hydrogen) atoms. The highest BCUT2D eigenvalue weighted by atomic mass is 32.2. The SMILES string of the molecule is COC(C)(CC(=O)C1CC2CCCC(C1)S2(=O)=O)OC. The Bertz CT molecular complexity index is 446. The third-order valence-corrected chi connectivity index (χ3v) is 7.61. The number of rotatable bonds is 5. The fourth-order valence-corrected chi connectivity index (χ4v) is 5.90. The first-order chi connectivity index (χ1) is 9.32. The Morgan fingerprint density at radius 1 is 1.15 bits per heavy atom. The minimum absolute atomic E-state index is 0.0583. The van der Waals surface area contributed by atoms with Crippen LogP contribution in [-0.2, 0) is 24.1 Å². The van der Waals surface area contributed by atoms with E-state index in [9.17, 15) is 13.2 Å². The fraction of sp³-hybridized carbons (Fsp3) is 0.929. The van der Waals surface area contributed by atoms with Crippen molar-refractivity contribution in [1.82, 2.24) is 0 Å². The van der Waals surface area contributed by atoms with E-state index in [1.54, 1.807) is 6.92 Å². The first-order valence-electron chi connectivity index (χ1n) is 7.18. The molecule has 2 unspecified atom stereocenters. The van der Waals surface area contributed by atoms with Gasteiger partial charge in [0.25, 0.3) is 0 Å². The van der Waals surface area contributed by atoms with Crippen LogP contribution in [0.3, 0.4) is 0 Å². The quantitative estimate of drug-likeness (QED) is 0.723. The normalized spacial score (nSPS) is 32.9. The second kappa shape index (κ2) is 5.73.